The van der Waals surface area contributed by atoms with Gasteiger partial charge in [-0.15, -0.1) is 0 Å². The van der Waals surface area contributed by atoms with E-state index in [4.69, 9.17) is 11.6 Å². The molecule has 2 nitrogen and oxygen atoms in total. The summed E-state index contributed by atoms with van der Waals surface area (Å²) in [6.07, 6.45) is 3.85. The van der Waals surface area contributed by atoms with Crippen molar-refractivity contribution in [3.63, 3.8) is 0 Å². The summed E-state index contributed by atoms with van der Waals surface area (Å²) in [5.74, 6) is -0.0370. The Morgan fingerprint density at radius 2 is 1.52 bits per heavy atom. The zero-order valence-corrected chi connectivity index (χ0v) is 17.2. The molecule has 0 atom stereocenters. The molecule has 3 aromatic rings. The van der Waals surface area contributed by atoms with Crippen molar-refractivity contribution < 1.29 is 4.79 Å². The van der Waals surface area contributed by atoms with Gasteiger partial charge in [-0.2, -0.15) is 0 Å². The predicted octanol–water partition coefficient (Wildman–Crippen LogP) is 6.42. The van der Waals surface area contributed by atoms with E-state index < -0.39 is 0 Å². The number of rotatable bonds is 3. The van der Waals surface area contributed by atoms with Crippen LogP contribution in [0.4, 0.5) is 5.69 Å². The van der Waals surface area contributed by atoms with Gasteiger partial charge in [-0.05, 0) is 82.3 Å². The van der Waals surface area contributed by atoms with Gasteiger partial charge < -0.3 is 0 Å². The first kappa shape index (κ1) is 18.0. The van der Waals surface area contributed by atoms with Crippen molar-refractivity contribution in [2.45, 2.75) is 0 Å². The van der Waals surface area contributed by atoms with Crippen LogP contribution in [-0.2, 0) is 4.79 Å². The van der Waals surface area contributed by atoms with Gasteiger partial charge in [-0.3, -0.25) is 9.69 Å². The van der Waals surface area contributed by atoms with Gasteiger partial charge >= 0.3 is 0 Å². The lowest BCUT2D eigenvalue weighted by atomic mass is 10.1. The molecular weight excluding hydrogens is 469 g/mol. The maximum Gasteiger partial charge on any atom is 0.262 e. The minimum atomic E-state index is -0.0370. The summed E-state index contributed by atoms with van der Waals surface area (Å²) in [5, 5.41) is 0.677. The molecule has 1 aliphatic heterocycles. The molecule has 0 unspecified atom stereocenters. The van der Waals surface area contributed by atoms with Crippen molar-refractivity contribution in [2.24, 2.45) is 0 Å². The van der Waals surface area contributed by atoms with Crippen molar-refractivity contribution in [2.75, 3.05) is 4.90 Å². The molecule has 4 rings (SSSR count). The van der Waals surface area contributed by atoms with Gasteiger partial charge in [-0.25, -0.2) is 0 Å². The smallest absolute Gasteiger partial charge is 0.262 e. The summed E-state index contributed by atoms with van der Waals surface area (Å²) in [4.78, 5) is 15.0. The number of nitrogens with zero attached hydrogens (tertiary/aromatic N) is 1. The molecule has 3 aromatic carbocycles. The van der Waals surface area contributed by atoms with Gasteiger partial charge in [0.2, 0.25) is 0 Å². The standard InChI is InChI=1S/C23H15ClINO/c24-19-8-6-16(7-9-19)14-18-15-22(17-4-2-1-3-5-17)26(23(18)27)21-12-10-20(25)11-13-21/h1-15H. The van der Waals surface area contributed by atoms with E-state index in [0.29, 0.717) is 10.6 Å². The van der Waals surface area contributed by atoms with E-state index in [0.717, 1.165) is 26.1 Å². The second-order valence-corrected chi connectivity index (χ2v) is 7.85. The molecule has 0 N–H and O–H groups in total. The molecule has 0 bridgehead atoms. The predicted molar refractivity (Wildman–Crippen MR) is 120 cm³/mol. The maximum absolute atomic E-state index is 13.2. The monoisotopic (exact) mass is 483 g/mol. The molecule has 1 amide bonds. The zero-order valence-electron chi connectivity index (χ0n) is 14.3. The summed E-state index contributed by atoms with van der Waals surface area (Å²) in [6.45, 7) is 0. The number of anilines is 1. The van der Waals surface area contributed by atoms with Crippen molar-refractivity contribution in [3.05, 3.63) is 110 Å². The third-order valence-electron chi connectivity index (χ3n) is 4.33. The Kier molecular flexibility index (Phi) is 5.14. The first-order valence-electron chi connectivity index (χ1n) is 8.46. The molecule has 1 heterocycles. The van der Waals surface area contributed by atoms with E-state index in [1.807, 2.05) is 91.0 Å². The van der Waals surface area contributed by atoms with E-state index in [1.54, 1.807) is 4.90 Å². The average molecular weight is 484 g/mol. The van der Waals surface area contributed by atoms with Crippen molar-refractivity contribution in [1.29, 1.82) is 0 Å². The van der Waals surface area contributed by atoms with Crippen molar-refractivity contribution in [1.82, 2.24) is 0 Å². The normalized spacial score (nSPS) is 15.3. The van der Waals surface area contributed by atoms with Gasteiger partial charge in [-0.1, -0.05) is 54.1 Å². The average Bonchev–Trinajstić information content (AvgIpc) is 3.01. The van der Waals surface area contributed by atoms with Gasteiger partial charge in [0.25, 0.3) is 5.91 Å². The summed E-state index contributed by atoms with van der Waals surface area (Å²) in [6, 6.07) is 25.4. The molecule has 0 radical (unpaired) electrons. The molecule has 0 aromatic heterocycles. The summed E-state index contributed by atoms with van der Waals surface area (Å²) in [7, 11) is 0. The Bertz CT molecular complexity index is 1040. The highest BCUT2D eigenvalue weighted by Gasteiger charge is 2.30. The van der Waals surface area contributed by atoms with Crippen LogP contribution >= 0.6 is 34.2 Å². The van der Waals surface area contributed by atoms with Crippen LogP contribution in [0.25, 0.3) is 11.8 Å². The molecule has 0 aliphatic carbocycles. The molecule has 132 valence electrons. The summed E-state index contributed by atoms with van der Waals surface area (Å²) in [5.41, 5.74) is 4.33. The van der Waals surface area contributed by atoms with Gasteiger partial charge in [0.1, 0.15) is 0 Å². The minimum absolute atomic E-state index is 0.0370. The van der Waals surface area contributed by atoms with Gasteiger partial charge in [0.15, 0.2) is 0 Å². The number of carbonyl (C=O) groups is 1. The Morgan fingerprint density at radius 3 is 2.19 bits per heavy atom. The van der Waals surface area contributed by atoms with E-state index in [-0.39, 0.29) is 5.91 Å². The summed E-state index contributed by atoms with van der Waals surface area (Å²) < 4.78 is 1.13. The molecule has 0 fully saturated rings. The highest BCUT2D eigenvalue weighted by Crippen LogP contribution is 2.35. The van der Waals surface area contributed by atoms with Crippen LogP contribution in [0.2, 0.25) is 5.02 Å². The first-order valence-corrected chi connectivity index (χ1v) is 9.92. The maximum atomic E-state index is 13.2. The Hall–Kier alpha value is -2.37. The van der Waals surface area contributed by atoms with E-state index in [1.165, 1.54) is 0 Å². The fourth-order valence-electron chi connectivity index (χ4n) is 3.02. The van der Waals surface area contributed by atoms with Gasteiger partial charge in [0, 0.05) is 19.9 Å². The lowest BCUT2D eigenvalue weighted by molar-refractivity contribution is -0.113. The Balaban J connectivity index is 1.80. The number of benzene rings is 3. The van der Waals surface area contributed by atoms with Crippen molar-refractivity contribution >= 4 is 57.6 Å². The highest BCUT2D eigenvalue weighted by atomic mass is 127. The largest absolute Gasteiger partial charge is 0.276 e. The van der Waals surface area contributed by atoms with Crippen LogP contribution in [0, 0.1) is 3.57 Å². The number of carbonyl (C=O) groups excluding carboxylic acids is 1. The van der Waals surface area contributed by atoms with E-state index >= 15 is 0 Å². The fourth-order valence-corrected chi connectivity index (χ4v) is 3.51. The van der Waals surface area contributed by atoms with Crippen LogP contribution in [0.3, 0.4) is 0 Å². The number of hydrogen-bond acceptors (Lipinski definition) is 1. The number of amides is 1. The third kappa shape index (κ3) is 3.84. The fraction of sp³-hybridized carbons (Fsp3) is 0. The minimum Gasteiger partial charge on any atom is -0.276 e. The quantitative estimate of drug-likeness (QED) is 0.311. The number of hydrogen-bond donors (Lipinski definition) is 0. The molecule has 4 heteroatoms. The second kappa shape index (κ2) is 7.71. The van der Waals surface area contributed by atoms with Crippen molar-refractivity contribution in [3.8, 4) is 0 Å². The number of halogens is 2. The topological polar surface area (TPSA) is 20.3 Å². The first-order chi connectivity index (χ1) is 13.1. The van der Waals surface area contributed by atoms with Gasteiger partial charge in [0.05, 0.1) is 5.70 Å². The molecule has 0 spiro atoms. The Labute approximate surface area is 176 Å². The second-order valence-electron chi connectivity index (χ2n) is 6.16. The molecule has 1 aliphatic rings. The Morgan fingerprint density at radius 1 is 0.852 bits per heavy atom. The SMILES string of the molecule is O=C1C(=Cc2ccc(Cl)cc2)C=C(c2ccccc2)N1c1ccc(I)cc1. The lowest BCUT2D eigenvalue weighted by Crippen LogP contribution is -2.24. The summed E-state index contributed by atoms with van der Waals surface area (Å²) >= 11 is 8.23. The lowest BCUT2D eigenvalue weighted by Gasteiger charge is -2.21. The molecule has 0 saturated heterocycles. The van der Waals surface area contributed by atoms with Crippen LogP contribution in [-0.4, -0.2) is 5.91 Å². The molecule has 27 heavy (non-hydrogen) atoms. The molecular formula is C23H15ClINO. The van der Waals surface area contributed by atoms with Crippen LogP contribution in [0.1, 0.15) is 11.1 Å². The molecule has 0 saturated carbocycles. The van der Waals surface area contributed by atoms with E-state index in [2.05, 4.69) is 22.6 Å². The zero-order chi connectivity index (χ0) is 18.8. The van der Waals surface area contributed by atoms with Crippen LogP contribution in [0.5, 0.6) is 0 Å². The van der Waals surface area contributed by atoms with Crippen LogP contribution < -0.4 is 4.90 Å². The highest BCUT2D eigenvalue weighted by molar-refractivity contribution is 14.1. The third-order valence-corrected chi connectivity index (χ3v) is 5.30. The van der Waals surface area contributed by atoms with Crippen LogP contribution in [0.15, 0.2) is 90.5 Å². The van der Waals surface area contributed by atoms with E-state index in [9.17, 15) is 4.79 Å².